The van der Waals surface area contributed by atoms with E-state index in [1.54, 1.807) is 0 Å². The predicted molar refractivity (Wildman–Crippen MR) is 67.5 cm³/mol. The van der Waals surface area contributed by atoms with E-state index in [1.807, 2.05) is 0 Å². The average molecular weight is 228 g/mol. The fourth-order valence-corrected chi connectivity index (χ4v) is 2.66. The van der Waals surface area contributed by atoms with Crippen LogP contribution in [0.2, 0.25) is 0 Å². The van der Waals surface area contributed by atoms with Gasteiger partial charge < -0.3 is 9.84 Å². The Bertz CT molecular complexity index is 195. The second-order valence-electron chi connectivity index (χ2n) is 5.72. The average Bonchev–Trinajstić information content (AvgIpc) is 2.26. The molecule has 2 nitrogen and oxygen atoms in total. The van der Waals surface area contributed by atoms with Gasteiger partial charge in [0.2, 0.25) is 0 Å². The lowest BCUT2D eigenvalue weighted by Crippen LogP contribution is -2.43. The highest BCUT2D eigenvalue weighted by molar-refractivity contribution is 4.88. The molecule has 0 amide bonds. The summed E-state index contributed by atoms with van der Waals surface area (Å²) in [6.07, 6.45) is 5.17. The highest BCUT2D eigenvalue weighted by Crippen LogP contribution is 2.34. The number of hydrogen-bond donors (Lipinski definition) is 1. The minimum atomic E-state index is -0.468. The Hall–Kier alpha value is -0.0800. The molecule has 1 heterocycles. The molecule has 0 aromatic rings. The standard InChI is InChI=1S/C14H28O2/c1-5-12(6-2)9-14(15)7-8-16-13(10-14)11(3)4/h11-13,15H,5-10H2,1-4H3. The number of rotatable bonds is 5. The zero-order valence-electron chi connectivity index (χ0n) is 11.3. The van der Waals surface area contributed by atoms with Crippen LogP contribution in [0.5, 0.6) is 0 Å². The summed E-state index contributed by atoms with van der Waals surface area (Å²) in [5.41, 5.74) is -0.468. The van der Waals surface area contributed by atoms with Crippen molar-refractivity contribution in [1.82, 2.24) is 0 Å². The van der Waals surface area contributed by atoms with E-state index in [2.05, 4.69) is 27.7 Å². The van der Waals surface area contributed by atoms with Crippen molar-refractivity contribution < 1.29 is 9.84 Å². The van der Waals surface area contributed by atoms with Crippen molar-refractivity contribution in [3.05, 3.63) is 0 Å². The third kappa shape index (κ3) is 3.74. The van der Waals surface area contributed by atoms with Crippen LogP contribution in [0.15, 0.2) is 0 Å². The molecule has 1 aliphatic rings. The van der Waals surface area contributed by atoms with Crippen molar-refractivity contribution in [2.75, 3.05) is 6.61 Å². The first-order chi connectivity index (χ1) is 7.50. The van der Waals surface area contributed by atoms with E-state index in [0.29, 0.717) is 11.8 Å². The molecule has 0 aliphatic carbocycles. The van der Waals surface area contributed by atoms with Crippen LogP contribution in [0.3, 0.4) is 0 Å². The first kappa shape index (κ1) is 14.0. The number of ether oxygens (including phenoxy) is 1. The zero-order chi connectivity index (χ0) is 12.2. The highest BCUT2D eigenvalue weighted by atomic mass is 16.5. The molecule has 0 bridgehead atoms. The van der Waals surface area contributed by atoms with Crippen LogP contribution in [0.25, 0.3) is 0 Å². The van der Waals surface area contributed by atoms with Gasteiger partial charge in [-0.3, -0.25) is 0 Å². The lowest BCUT2D eigenvalue weighted by atomic mass is 9.78. The molecule has 16 heavy (non-hydrogen) atoms. The van der Waals surface area contributed by atoms with Crippen molar-refractivity contribution >= 4 is 0 Å². The third-order valence-corrected chi connectivity index (χ3v) is 4.05. The van der Waals surface area contributed by atoms with Gasteiger partial charge in [-0.15, -0.1) is 0 Å². The van der Waals surface area contributed by atoms with Crippen LogP contribution in [-0.2, 0) is 4.74 Å². The van der Waals surface area contributed by atoms with E-state index < -0.39 is 5.60 Å². The van der Waals surface area contributed by atoms with E-state index in [0.717, 1.165) is 25.9 Å². The van der Waals surface area contributed by atoms with E-state index in [9.17, 15) is 5.11 Å². The Morgan fingerprint density at radius 1 is 1.31 bits per heavy atom. The SMILES string of the molecule is CCC(CC)CC1(O)CCOC(C(C)C)C1. The molecule has 0 aromatic carbocycles. The smallest absolute Gasteiger partial charge is 0.0697 e. The Balaban J connectivity index is 2.55. The summed E-state index contributed by atoms with van der Waals surface area (Å²) in [5, 5.41) is 10.6. The summed E-state index contributed by atoms with van der Waals surface area (Å²) in [6, 6.07) is 0. The van der Waals surface area contributed by atoms with Crippen LogP contribution in [0.1, 0.15) is 59.8 Å². The van der Waals surface area contributed by atoms with Gasteiger partial charge in [0.15, 0.2) is 0 Å². The molecule has 2 atom stereocenters. The molecule has 2 heteroatoms. The molecular weight excluding hydrogens is 200 g/mol. The minimum absolute atomic E-state index is 0.244. The highest BCUT2D eigenvalue weighted by Gasteiger charge is 2.37. The fraction of sp³-hybridized carbons (Fsp3) is 1.00. The largest absolute Gasteiger partial charge is 0.390 e. The predicted octanol–water partition coefficient (Wildman–Crippen LogP) is 3.38. The molecular formula is C14H28O2. The van der Waals surface area contributed by atoms with E-state index >= 15 is 0 Å². The lowest BCUT2D eigenvalue weighted by molar-refractivity contribution is -0.125. The molecule has 2 unspecified atom stereocenters. The van der Waals surface area contributed by atoms with Crippen molar-refractivity contribution in [3.8, 4) is 0 Å². The van der Waals surface area contributed by atoms with Gasteiger partial charge in [-0.1, -0.05) is 40.5 Å². The van der Waals surface area contributed by atoms with Crippen molar-refractivity contribution in [3.63, 3.8) is 0 Å². The second-order valence-corrected chi connectivity index (χ2v) is 5.72. The second kappa shape index (κ2) is 6.02. The van der Waals surface area contributed by atoms with Crippen LogP contribution in [-0.4, -0.2) is 23.4 Å². The summed E-state index contributed by atoms with van der Waals surface area (Å²) in [7, 11) is 0. The summed E-state index contributed by atoms with van der Waals surface area (Å²) < 4.78 is 5.72. The molecule has 1 N–H and O–H groups in total. The van der Waals surface area contributed by atoms with E-state index in [-0.39, 0.29) is 6.10 Å². The zero-order valence-corrected chi connectivity index (χ0v) is 11.3. The topological polar surface area (TPSA) is 29.5 Å². The Morgan fingerprint density at radius 3 is 2.44 bits per heavy atom. The van der Waals surface area contributed by atoms with Gasteiger partial charge in [-0.2, -0.15) is 0 Å². The molecule has 0 radical (unpaired) electrons. The first-order valence-corrected chi connectivity index (χ1v) is 6.84. The van der Waals surface area contributed by atoms with Gasteiger partial charge in [0.25, 0.3) is 0 Å². The summed E-state index contributed by atoms with van der Waals surface area (Å²) >= 11 is 0. The van der Waals surface area contributed by atoms with Gasteiger partial charge >= 0.3 is 0 Å². The molecule has 1 saturated heterocycles. The molecule has 96 valence electrons. The van der Waals surface area contributed by atoms with E-state index in [1.165, 1.54) is 12.8 Å². The Morgan fingerprint density at radius 2 is 1.94 bits per heavy atom. The van der Waals surface area contributed by atoms with Gasteiger partial charge in [0.1, 0.15) is 0 Å². The maximum absolute atomic E-state index is 10.6. The number of aliphatic hydroxyl groups is 1. The Kier molecular flexibility index (Phi) is 5.26. The molecule has 0 saturated carbocycles. The van der Waals surface area contributed by atoms with Crippen LogP contribution in [0.4, 0.5) is 0 Å². The monoisotopic (exact) mass is 228 g/mol. The Labute approximate surface area is 100 Å². The van der Waals surface area contributed by atoms with Crippen molar-refractivity contribution in [2.24, 2.45) is 11.8 Å². The normalized spacial score (nSPS) is 31.3. The summed E-state index contributed by atoms with van der Waals surface area (Å²) in [5.74, 6) is 1.17. The third-order valence-electron chi connectivity index (χ3n) is 4.05. The quantitative estimate of drug-likeness (QED) is 0.781. The molecule has 0 spiro atoms. The van der Waals surface area contributed by atoms with Crippen molar-refractivity contribution in [1.29, 1.82) is 0 Å². The summed E-state index contributed by atoms with van der Waals surface area (Å²) in [6.45, 7) is 9.51. The van der Waals surface area contributed by atoms with Gasteiger partial charge in [-0.25, -0.2) is 0 Å². The molecule has 1 fully saturated rings. The van der Waals surface area contributed by atoms with Gasteiger partial charge in [0.05, 0.1) is 11.7 Å². The molecule has 0 aromatic heterocycles. The first-order valence-electron chi connectivity index (χ1n) is 6.84. The molecule has 1 aliphatic heterocycles. The van der Waals surface area contributed by atoms with Crippen LogP contribution < -0.4 is 0 Å². The maximum atomic E-state index is 10.6. The van der Waals surface area contributed by atoms with E-state index in [4.69, 9.17) is 4.74 Å². The van der Waals surface area contributed by atoms with Crippen LogP contribution >= 0.6 is 0 Å². The maximum Gasteiger partial charge on any atom is 0.0697 e. The lowest BCUT2D eigenvalue weighted by Gasteiger charge is -2.40. The van der Waals surface area contributed by atoms with Gasteiger partial charge in [-0.05, 0) is 24.7 Å². The summed E-state index contributed by atoms with van der Waals surface area (Å²) in [4.78, 5) is 0. The molecule has 1 rings (SSSR count). The fourth-order valence-electron chi connectivity index (χ4n) is 2.66. The van der Waals surface area contributed by atoms with Gasteiger partial charge in [0, 0.05) is 13.0 Å². The van der Waals surface area contributed by atoms with Crippen LogP contribution in [0, 0.1) is 11.8 Å². The number of hydrogen-bond acceptors (Lipinski definition) is 2. The van der Waals surface area contributed by atoms with Crippen molar-refractivity contribution in [2.45, 2.75) is 71.5 Å². The minimum Gasteiger partial charge on any atom is -0.390 e.